The predicted molar refractivity (Wildman–Crippen MR) is 88.1 cm³/mol. The van der Waals surface area contributed by atoms with Crippen molar-refractivity contribution in [3.63, 3.8) is 0 Å². The zero-order chi connectivity index (χ0) is 16.0. The van der Waals surface area contributed by atoms with Crippen molar-refractivity contribution < 1.29 is 9.47 Å². The van der Waals surface area contributed by atoms with Gasteiger partial charge in [-0.3, -0.25) is 4.90 Å². The van der Waals surface area contributed by atoms with Crippen molar-refractivity contribution in [2.24, 2.45) is 5.73 Å². The second-order valence-corrected chi connectivity index (χ2v) is 5.93. The average Bonchev–Trinajstić information content (AvgIpc) is 2.41. The third kappa shape index (κ3) is 4.90. The topological polar surface area (TPSA) is 47.7 Å². The average molecular weight is 294 g/mol. The number of nitrogens with two attached hydrogens (primary N) is 1. The minimum absolute atomic E-state index is 0.123. The highest BCUT2D eigenvalue weighted by molar-refractivity contribution is 5.46. The molecule has 0 aliphatic carbocycles. The van der Waals surface area contributed by atoms with Crippen LogP contribution in [0.2, 0.25) is 0 Å². The van der Waals surface area contributed by atoms with Gasteiger partial charge in [-0.15, -0.1) is 0 Å². The van der Waals surface area contributed by atoms with Gasteiger partial charge in [-0.05, 0) is 46.8 Å². The van der Waals surface area contributed by atoms with E-state index in [4.69, 9.17) is 15.2 Å². The lowest BCUT2D eigenvalue weighted by atomic mass is 10.1. The molecular formula is C17H30N2O2. The number of hydrogen-bond acceptors (Lipinski definition) is 4. The minimum atomic E-state index is -0.123. The lowest BCUT2D eigenvalue weighted by molar-refractivity contribution is 0.141. The van der Waals surface area contributed by atoms with Crippen molar-refractivity contribution in [1.29, 1.82) is 0 Å². The third-order valence-electron chi connectivity index (χ3n) is 3.64. The SMILES string of the molecule is COc1cccc(OCCN(C(C)C)C(C)C)c1[C@@H](C)N. The molecule has 0 aliphatic heterocycles. The van der Waals surface area contributed by atoms with Crippen LogP contribution < -0.4 is 15.2 Å². The Balaban J connectivity index is 2.75. The zero-order valence-electron chi connectivity index (χ0n) is 14.2. The molecule has 0 saturated heterocycles. The summed E-state index contributed by atoms with van der Waals surface area (Å²) in [7, 11) is 1.66. The van der Waals surface area contributed by atoms with Crippen molar-refractivity contribution >= 4 is 0 Å². The first-order valence-electron chi connectivity index (χ1n) is 7.69. The van der Waals surface area contributed by atoms with Gasteiger partial charge in [0.05, 0.1) is 12.7 Å². The van der Waals surface area contributed by atoms with Crippen LogP contribution in [0.3, 0.4) is 0 Å². The summed E-state index contributed by atoms with van der Waals surface area (Å²) in [6.07, 6.45) is 0. The fourth-order valence-corrected chi connectivity index (χ4v) is 2.65. The Morgan fingerprint density at radius 3 is 2.10 bits per heavy atom. The lowest BCUT2D eigenvalue weighted by Crippen LogP contribution is -2.39. The van der Waals surface area contributed by atoms with Crippen molar-refractivity contribution in [3.8, 4) is 11.5 Å². The number of methoxy groups -OCH3 is 1. The van der Waals surface area contributed by atoms with Crippen LogP contribution >= 0.6 is 0 Å². The Kier molecular flexibility index (Phi) is 6.99. The van der Waals surface area contributed by atoms with Crippen LogP contribution in [0.4, 0.5) is 0 Å². The van der Waals surface area contributed by atoms with Crippen molar-refractivity contribution in [2.75, 3.05) is 20.3 Å². The maximum atomic E-state index is 6.05. The van der Waals surface area contributed by atoms with Crippen LogP contribution in [-0.2, 0) is 0 Å². The highest BCUT2D eigenvalue weighted by atomic mass is 16.5. The van der Waals surface area contributed by atoms with E-state index in [2.05, 4.69) is 32.6 Å². The first-order valence-corrected chi connectivity index (χ1v) is 7.69. The normalized spacial score (nSPS) is 13.0. The molecule has 4 heteroatoms. The molecule has 0 bridgehead atoms. The van der Waals surface area contributed by atoms with Gasteiger partial charge in [-0.1, -0.05) is 6.07 Å². The summed E-state index contributed by atoms with van der Waals surface area (Å²) in [5.74, 6) is 1.60. The van der Waals surface area contributed by atoms with Gasteiger partial charge in [0.15, 0.2) is 0 Å². The highest BCUT2D eigenvalue weighted by Crippen LogP contribution is 2.32. The van der Waals surface area contributed by atoms with Gasteiger partial charge in [0.2, 0.25) is 0 Å². The molecule has 4 nitrogen and oxygen atoms in total. The Labute approximate surface area is 129 Å². The van der Waals surface area contributed by atoms with E-state index in [-0.39, 0.29) is 6.04 Å². The van der Waals surface area contributed by atoms with E-state index in [1.54, 1.807) is 7.11 Å². The maximum absolute atomic E-state index is 6.05. The van der Waals surface area contributed by atoms with Crippen LogP contribution in [0.15, 0.2) is 18.2 Å². The summed E-state index contributed by atoms with van der Waals surface area (Å²) in [6, 6.07) is 6.69. The molecule has 2 N–H and O–H groups in total. The molecule has 0 fully saturated rings. The summed E-state index contributed by atoms with van der Waals surface area (Å²) < 4.78 is 11.4. The molecule has 0 radical (unpaired) electrons. The number of nitrogens with zero attached hydrogens (tertiary/aromatic N) is 1. The largest absolute Gasteiger partial charge is 0.496 e. The van der Waals surface area contributed by atoms with Gasteiger partial charge in [0.1, 0.15) is 18.1 Å². The van der Waals surface area contributed by atoms with E-state index >= 15 is 0 Å². The molecule has 120 valence electrons. The second kappa shape index (κ2) is 8.25. The maximum Gasteiger partial charge on any atom is 0.127 e. The van der Waals surface area contributed by atoms with Crippen LogP contribution in [-0.4, -0.2) is 37.2 Å². The summed E-state index contributed by atoms with van der Waals surface area (Å²) in [4.78, 5) is 2.41. The van der Waals surface area contributed by atoms with E-state index in [1.165, 1.54) is 0 Å². The Bertz CT molecular complexity index is 423. The van der Waals surface area contributed by atoms with Crippen LogP contribution in [0, 0.1) is 0 Å². The molecule has 21 heavy (non-hydrogen) atoms. The second-order valence-electron chi connectivity index (χ2n) is 5.93. The zero-order valence-corrected chi connectivity index (χ0v) is 14.2. The standard InChI is InChI=1S/C17H30N2O2/c1-12(2)19(13(3)4)10-11-21-16-9-7-8-15(20-6)17(16)14(5)18/h7-9,12-14H,10-11,18H2,1-6H3/t14-/m1/s1. The summed E-state index contributed by atoms with van der Waals surface area (Å²) >= 11 is 0. The van der Waals surface area contributed by atoms with Gasteiger partial charge in [0, 0.05) is 24.7 Å². The first-order chi connectivity index (χ1) is 9.88. The Hall–Kier alpha value is -1.26. The van der Waals surface area contributed by atoms with Crippen LogP contribution in [0.25, 0.3) is 0 Å². The molecular weight excluding hydrogens is 264 g/mol. The third-order valence-corrected chi connectivity index (χ3v) is 3.64. The molecule has 0 aliphatic rings. The van der Waals surface area contributed by atoms with Crippen molar-refractivity contribution in [3.05, 3.63) is 23.8 Å². The fraction of sp³-hybridized carbons (Fsp3) is 0.647. The van der Waals surface area contributed by atoms with Crippen LogP contribution in [0.1, 0.15) is 46.2 Å². The molecule has 1 aromatic rings. The van der Waals surface area contributed by atoms with Crippen LogP contribution in [0.5, 0.6) is 11.5 Å². The van der Waals surface area contributed by atoms with Gasteiger partial charge in [-0.25, -0.2) is 0 Å². The van der Waals surface area contributed by atoms with Gasteiger partial charge in [0.25, 0.3) is 0 Å². The Morgan fingerprint density at radius 2 is 1.62 bits per heavy atom. The smallest absolute Gasteiger partial charge is 0.127 e. The van der Waals surface area contributed by atoms with E-state index in [9.17, 15) is 0 Å². The van der Waals surface area contributed by atoms with Gasteiger partial charge < -0.3 is 15.2 Å². The van der Waals surface area contributed by atoms with E-state index in [0.29, 0.717) is 18.7 Å². The minimum Gasteiger partial charge on any atom is -0.496 e. The van der Waals surface area contributed by atoms with E-state index in [1.807, 2.05) is 25.1 Å². The lowest BCUT2D eigenvalue weighted by Gasteiger charge is -2.30. The summed E-state index contributed by atoms with van der Waals surface area (Å²) in [6.45, 7) is 12.3. The molecule has 1 rings (SSSR count). The Morgan fingerprint density at radius 1 is 1.05 bits per heavy atom. The van der Waals surface area contributed by atoms with E-state index < -0.39 is 0 Å². The number of hydrogen-bond donors (Lipinski definition) is 1. The highest BCUT2D eigenvalue weighted by Gasteiger charge is 2.16. The van der Waals surface area contributed by atoms with Crippen molar-refractivity contribution in [1.82, 2.24) is 4.90 Å². The predicted octanol–water partition coefficient (Wildman–Crippen LogP) is 3.21. The molecule has 0 amide bonds. The molecule has 0 unspecified atom stereocenters. The molecule has 1 atom stereocenters. The monoisotopic (exact) mass is 294 g/mol. The molecule has 0 heterocycles. The summed E-state index contributed by atoms with van der Waals surface area (Å²) in [5.41, 5.74) is 6.98. The van der Waals surface area contributed by atoms with E-state index in [0.717, 1.165) is 23.6 Å². The van der Waals surface area contributed by atoms with Gasteiger partial charge >= 0.3 is 0 Å². The fourth-order valence-electron chi connectivity index (χ4n) is 2.65. The number of benzene rings is 1. The quantitative estimate of drug-likeness (QED) is 0.800. The first kappa shape index (κ1) is 17.8. The molecule has 0 saturated carbocycles. The summed E-state index contributed by atoms with van der Waals surface area (Å²) in [5, 5.41) is 0. The molecule has 0 spiro atoms. The molecule has 0 aromatic heterocycles. The molecule has 1 aromatic carbocycles. The number of rotatable bonds is 8. The van der Waals surface area contributed by atoms with Crippen molar-refractivity contribution in [2.45, 2.75) is 52.7 Å². The van der Waals surface area contributed by atoms with Gasteiger partial charge in [-0.2, -0.15) is 0 Å². The number of ether oxygens (including phenoxy) is 2.